The van der Waals surface area contributed by atoms with Crippen molar-refractivity contribution in [3.63, 3.8) is 0 Å². The van der Waals surface area contributed by atoms with Crippen LogP contribution >= 0.6 is 0 Å². The largest absolute Gasteiger partial charge is 0.508 e. The van der Waals surface area contributed by atoms with Crippen molar-refractivity contribution in [2.75, 3.05) is 10.0 Å². The monoisotopic (exact) mass is 268 g/mol. The van der Waals surface area contributed by atoms with Crippen LogP contribution in [0.5, 0.6) is 5.75 Å². The molecule has 0 radical (unpaired) electrons. The third-order valence-electron chi connectivity index (χ3n) is 3.07. The number of carbonyl (C=O) groups is 2. The minimum absolute atomic E-state index is 0.109. The van der Waals surface area contributed by atoms with E-state index < -0.39 is 0 Å². The lowest BCUT2D eigenvalue weighted by Gasteiger charge is -2.27. The van der Waals surface area contributed by atoms with Crippen molar-refractivity contribution in [1.82, 2.24) is 0 Å². The van der Waals surface area contributed by atoms with Crippen LogP contribution in [0.25, 0.3) is 0 Å². The highest BCUT2D eigenvalue weighted by molar-refractivity contribution is 6.20. The fraction of sp³-hybridized carbons (Fsp3) is 0.0667. The molecule has 1 N–H and O–H groups in total. The summed E-state index contributed by atoms with van der Waals surface area (Å²) in [5, 5.41) is 12.0. The summed E-state index contributed by atoms with van der Waals surface area (Å²) in [6, 6.07) is 15.2. The van der Waals surface area contributed by atoms with E-state index in [-0.39, 0.29) is 24.0 Å². The van der Waals surface area contributed by atoms with Crippen LogP contribution in [0, 0.1) is 0 Å². The fourth-order valence-electron chi connectivity index (χ4n) is 2.18. The lowest BCUT2D eigenvalue weighted by Crippen LogP contribution is -2.41. The fourth-order valence-corrected chi connectivity index (χ4v) is 2.18. The minimum Gasteiger partial charge on any atom is -0.508 e. The maximum atomic E-state index is 12.1. The number of para-hydroxylation sites is 1. The van der Waals surface area contributed by atoms with Gasteiger partial charge in [0.1, 0.15) is 12.2 Å². The van der Waals surface area contributed by atoms with Gasteiger partial charge in [0.05, 0.1) is 11.4 Å². The van der Waals surface area contributed by atoms with E-state index in [1.165, 1.54) is 22.2 Å². The van der Waals surface area contributed by atoms with Gasteiger partial charge < -0.3 is 5.11 Å². The Morgan fingerprint density at radius 2 is 1.25 bits per heavy atom. The third kappa shape index (κ3) is 1.99. The molecular formula is C15H12N2O3. The molecule has 0 saturated carbocycles. The molecule has 1 aliphatic rings. The van der Waals surface area contributed by atoms with Gasteiger partial charge in [-0.15, -0.1) is 0 Å². The molecule has 2 aromatic carbocycles. The second-order valence-corrected chi connectivity index (χ2v) is 4.44. The molecule has 0 spiro atoms. The van der Waals surface area contributed by atoms with Crippen LogP contribution in [-0.2, 0) is 9.59 Å². The lowest BCUT2D eigenvalue weighted by atomic mass is 10.3. The van der Waals surface area contributed by atoms with Crippen molar-refractivity contribution >= 4 is 23.2 Å². The summed E-state index contributed by atoms with van der Waals surface area (Å²) in [5.41, 5.74) is 1.18. The first kappa shape index (κ1) is 12.2. The van der Waals surface area contributed by atoms with Gasteiger partial charge in [0.25, 0.3) is 11.8 Å². The summed E-state index contributed by atoms with van der Waals surface area (Å²) in [6.45, 7) is 0. The van der Waals surface area contributed by atoms with Crippen LogP contribution in [0.4, 0.5) is 11.4 Å². The molecule has 5 heteroatoms. The number of phenols is 1. The van der Waals surface area contributed by atoms with Gasteiger partial charge in [0.2, 0.25) is 0 Å². The van der Waals surface area contributed by atoms with E-state index in [9.17, 15) is 14.7 Å². The summed E-state index contributed by atoms with van der Waals surface area (Å²) < 4.78 is 0. The van der Waals surface area contributed by atoms with Crippen molar-refractivity contribution in [2.45, 2.75) is 6.42 Å². The van der Waals surface area contributed by atoms with Gasteiger partial charge in [-0.2, -0.15) is 0 Å². The normalized spacial score (nSPS) is 15.0. The number of anilines is 2. The maximum absolute atomic E-state index is 12.1. The molecule has 5 nitrogen and oxygen atoms in total. The molecule has 2 amide bonds. The zero-order chi connectivity index (χ0) is 14.1. The van der Waals surface area contributed by atoms with E-state index >= 15 is 0 Å². The first-order valence-electron chi connectivity index (χ1n) is 6.17. The molecule has 3 rings (SSSR count). The number of nitrogens with zero attached hydrogens (tertiary/aromatic N) is 2. The van der Waals surface area contributed by atoms with Crippen molar-refractivity contribution in [3.8, 4) is 5.75 Å². The zero-order valence-corrected chi connectivity index (χ0v) is 10.6. The Hall–Kier alpha value is -2.82. The first-order valence-corrected chi connectivity index (χ1v) is 6.17. The van der Waals surface area contributed by atoms with Gasteiger partial charge in [-0.25, -0.2) is 10.0 Å². The van der Waals surface area contributed by atoms with Crippen LogP contribution in [0.2, 0.25) is 0 Å². The highest BCUT2D eigenvalue weighted by Gasteiger charge is 2.37. The number of rotatable bonds is 2. The van der Waals surface area contributed by atoms with Gasteiger partial charge in [-0.3, -0.25) is 9.59 Å². The minimum atomic E-state index is -0.287. The Labute approximate surface area is 115 Å². The predicted molar refractivity (Wildman–Crippen MR) is 74.1 cm³/mol. The molecule has 20 heavy (non-hydrogen) atoms. The quantitative estimate of drug-likeness (QED) is 0.848. The Morgan fingerprint density at radius 1 is 0.750 bits per heavy atom. The molecule has 1 saturated heterocycles. The van der Waals surface area contributed by atoms with E-state index in [1.807, 2.05) is 6.07 Å². The Morgan fingerprint density at radius 3 is 1.80 bits per heavy atom. The zero-order valence-electron chi connectivity index (χ0n) is 10.6. The van der Waals surface area contributed by atoms with Gasteiger partial charge in [-0.1, -0.05) is 18.2 Å². The molecule has 1 aliphatic heterocycles. The first-order chi connectivity index (χ1) is 9.66. The van der Waals surface area contributed by atoms with Gasteiger partial charge in [0, 0.05) is 0 Å². The summed E-state index contributed by atoms with van der Waals surface area (Å²) >= 11 is 0. The molecule has 0 aromatic heterocycles. The van der Waals surface area contributed by atoms with Crippen LogP contribution in [0.3, 0.4) is 0 Å². The van der Waals surface area contributed by atoms with Gasteiger partial charge in [0.15, 0.2) is 0 Å². The number of amides is 2. The molecule has 100 valence electrons. The predicted octanol–water partition coefficient (Wildman–Crippen LogP) is 2.08. The molecular weight excluding hydrogens is 256 g/mol. The average Bonchev–Trinajstić information content (AvgIpc) is 2.75. The Bertz CT molecular complexity index is 653. The number of phenolic OH excluding ortho intramolecular Hbond substituents is 1. The van der Waals surface area contributed by atoms with Crippen molar-refractivity contribution in [1.29, 1.82) is 0 Å². The van der Waals surface area contributed by atoms with Crippen molar-refractivity contribution in [2.24, 2.45) is 0 Å². The second kappa shape index (κ2) is 4.70. The Kier molecular flexibility index (Phi) is 2.87. The summed E-state index contributed by atoms with van der Waals surface area (Å²) in [5.74, 6) is -0.447. The second-order valence-electron chi connectivity index (χ2n) is 4.44. The number of hydrazine groups is 1. The average molecular weight is 268 g/mol. The smallest absolute Gasteiger partial charge is 0.255 e. The number of hydrogen-bond donors (Lipinski definition) is 1. The van der Waals surface area contributed by atoms with E-state index in [1.54, 1.807) is 36.4 Å². The van der Waals surface area contributed by atoms with E-state index in [0.717, 1.165) is 0 Å². The standard InChI is InChI=1S/C15H12N2O3/c18-13-8-6-12(7-9-13)17-15(20)10-14(19)16(17)11-4-2-1-3-5-11/h1-9,18H,10H2. The molecule has 0 bridgehead atoms. The molecule has 0 atom stereocenters. The third-order valence-corrected chi connectivity index (χ3v) is 3.07. The summed E-state index contributed by atoms with van der Waals surface area (Å²) in [7, 11) is 0. The van der Waals surface area contributed by atoms with Gasteiger partial charge in [-0.05, 0) is 36.4 Å². The molecule has 1 heterocycles. The van der Waals surface area contributed by atoms with Gasteiger partial charge >= 0.3 is 0 Å². The maximum Gasteiger partial charge on any atom is 0.255 e. The van der Waals surface area contributed by atoms with Crippen LogP contribution in [0.15, 0.2) is 54.6 Å². The van der Waals surface area contributed by atoms with Crippen LogP contribution < -0.4 is 10.0 Å². The van der Waals surface area contributed by atoms with Crippen molar-refractivity contribution in [3.05, 3.63) is 54.6 Å². The van der Waals surface area contributed by atoms with Crippen molar-refractivity contribution < 1.29 is 14.7 Å². The van der Waals surface area contributed by atoms with E-state index in [2.05, 4.69) is 0 Å². The topological polar surface area (TPSA) is 60.9 Å². The number of benzene rings is 2. The van der Waals surface area contributed by atoms with Crippen LogP contribution in [0.1, 0.15) is 6.42 Å². The number of aromatic hydroxyl groups is 1. The molecule has 0 unspecified atom stereocenters. The molecule has 2 aromatic rings. The number of carbonyl (C=O) groups excluding carboxylic acids is 2. The highest BCUT2D eigenvalue weighted by atomic mass is 16.3. The Balaban J connectivity index is 2.04. The summed E-state index contributed by atoms with van der Waals surface area (Å²) in [6.07, 6.45) is -0.157. The summed E-state index contributed by atoms with van der Waals surface area (Å²) in [4.78, 5) is 24.1. The highest BCUT2D eigenvalue weighted by Crippen LogP contribution is 2.29. The van der Waals surface area contributed by atoms with E-state index in [4.69, 9.17) is 0 Å². The number of hydrogen-bond acceptors (Lipinski definition) is 3. The van der Waals surface area contributed by atoms with Crippen LogP contribution in [-0.4, -0.2) is 16.9 Å². The SMILES string of the molecule is O=C1CC(=O)N(c2ccc(O)cc2)N1c1ccccc1. The lowest BCUT2D eigenvalue weighted by molar-refractivity contribution is -0.121. The molecule has 1 fully saturated rings. The molecule has 0 aliphatic carbocycles. The van der Waals surface area contributed by atoms with E-state index in [0.29, 0.717) is 11.4 Å².